The number of allylic oxidation sites excluding steroid dienone is 2. The predicted octanol–water partition coefficient (Wildman–Crippen LogP) is 4.07. The minimum atomic E-state index is -0.0322. The highest BCUT2D eigenvalue weighted by Gasteiger charge is 2.12. The third-order valence-electron chi connectivity index (χ3n) is 3.71. The van der Waals surface area contributed by atoms with Crippen LogP contribution in [0.5, 0.6) is 0 Å². The van der Waals surface area contributed by atoms with E-state index in [1.54, 1.807) is 7.11 Å². The quantitative estimate of drug-likeness (QED) is 0.240. The summed E-state index contributed by atoms with van der Waals surface area (Å²) in [5.41, 5.74) is 2.06. The fraction of sp³-hybridized carbons (Fsp3) is 0.684. The zero-order valence-corrected chi connectivity index (χ0v) is 15.4. The number of hydrogen-bond donors (Lipinski definition) is 1. The van der Waals surface area contributed by atoms with Gasteiger partial charge >= 0.3 is 0 Å². The summed E-state index contributed by atoms with van der Waals surface area (Å²) in [5.74, 6) is 1.69. The molecule has 0 aliphatic rings. The number of aliphatic hydroxyl groups is 1. The van der Waals surface area contributed by atoms with Crippen LogP contribution >= 0.6 is 0 Å². The second-order valence-electron chi connectivity index (χ2n) is 6.01. The van der Waals surface area contributed by atoms with Gasteiger partial charge in [0.2, 0.25) is 0 Å². The highest BCUT2D eigenvalue weighted by Crippen LogP contribution is 2.23. The Hall–Kier alpha value is -1.10. The molecule has 4 nitrogen and oxygen atoms in total. The van der Waals surface area contributed by atoms with Gasteiger partial charge in [0, 0.05) is 7.11 Å². The molecule has 0 fully saturated rings. The van der Waals surface area contributed by atoms with Crippen LogP contribution in [-0.4, -0.2) is 38.8 Å². The van der Waals surface area contributed by atoms with Crippen molar-refractivity contribution in [3.05, 3.63) is 35.6 Å². The average Bonchev–Trinajstić information content (AvgIpc) is 2.52. The molecule has 0 heterocycles. The first kappa shape index (κ1) is 21.9. The SMILES string of the molecule is C=C(/C=C/C(CC/C(C)=C(\CO)OCC)C(C)C)COCOC. The number of rotatable bonds is 13. The molecule has 0 spiro atoms. The summed E-state index contributed by atoms with van der Waals surface area (Å²) in [5, 5.41) is 9.35. The Kier molecular flexibility index (Phi) is 12.7. The van der Waals surface area contributed by atoms with Crippen molar-refractivity contribution in [2.45, 2.75) is 40.5 Å². The maximum Gasteiger partial charge on any atom is 0.146 e. The van der Waals surface area contributed by atoms with Crippen molar-refractivity contribution in [2.24, 2.45) is 11.8 Å². The smallest absolute Gasteiger partial charge is 0.146 e. The normalized spacial score (nSPS) is 14.2. The molecule has 0 aliphatic carbocycles. The van der Waals surface area contributed by atoms with Gasteiger partial charge in [0.05, 0.1) is 13.2 Å². The van der Waals surface area contributed by atoms with E-state index in [2.05, 4.69) is 26.5 Å². The van der Waals surface area contributed by atoms with E-state index in [0.29, 0.717) is 30.8 Å². The molecule has 23 heavy (non-hydrogen) atoms. The summed E-state index contributed by atoms with van der Waals surface area (Å²) >= 11 is 0. The first-order valence-electron chi connectivity index (χ1n) is 8.31. The fourth-order valence-corrected chi connectivity index (χ4v) is 2.22. The van der Waals surface area contributed by atoms with E-state index >= 15 is 0 Å². The molecule has 0 radical (unpaired) electrons. The molecule has 1 N–H and O–H groups in total. The van der Waals surface area contributed by atoms with Crippen molar-refractivity contribution < 1.29 is 19.3 Å². The molecule has 0 saturated heterocycles. The minimum absolute atomic E-state index is 0.0322. The molecule has 0 bridgehead atoms. The van der Waals surface area contributed by atoms with Gasteiger partial charge < -0.3 is 19.3 Å². The van der Waals surface area contributed by atoms with E-state index in [0.717, 1.165) is 24.0 Å². The molecular weight excluding hydrogens is 292 g/mol. The second kappa shape index (κ2) is 13.3. The summed E-state index contributed by atoms with van der Waals surface area (Å²) in [4.78, 5) is 0. The Bertz CT molecular complexity index is 383. The topological polar surface area (TPSA) is 47.9 Å². The minimum Gasteiger partial charge on any atom is -0.496 e. The molecule has 134 valence electrons. The van der Waals surface area contributed by atoms with Crippen LogP contribution in [0, 0.1) is 11.8 Å². The highest BCUT2D eigenvalue weighted by molar-refractivity contribution is 5.16. The standard InChI is InChI=1S/C19H34O4/c1-7-23-19(12-20)17(5)9-11-18(15(2)3)10-8-16(4)13-22-14-21-6/h8,10,15,18,20H,4,7,9,11-14H2,1-3,5-6H3/b10-8+,19-17+. The highest BCUT2D eigenvalue weighted by atomic mass is 16.7. The van der Waals surface area contributed by atoms with E-state index in [-0.39, 0.29) is 13.4 Å². The van der Waals surface area contributed by atoms with Gasteiger partial charge in [-0.25, -0.2) is 0 Å². The van der Waals surface area contributed by atoms with Crippen LogP contribution in [-0.2, 0) is 14.2 Å². The van der Waals surface area contributed by atoms with Crippen LogP contribution in [0.25, 0.3) is 0 Å². The lowest BCUT2D eigenvalue weighted by Gasteiger charge is -2.18. The Morgan fingerprint density at radius 3 is 2.52 bits per heavy atom. The molecule has 1 atom stereocenters. The maximum absolute atomic E-state index is 9.35. The van der Waals surface area contributed by atoms with Gasteiger partial charge in [0.15, 0.2) is 0 Å². The van der Waals surface area contributed by atoms with Crippen LogP contribution in [0.15, 0.2) is 35.6 Å². The summed E-state index contributed by atoms with van der Waals surface area (Å²) in [6, 6.07) is 0. The molecule has 0 aromatic carbocycles. The monoisotopic (exact) mass is 326 g/mol. The average molecular weight is 326 g/mol. The van der Waals surface area contributed by atoms with Crippen LogP contribution in [0.2, 0.25) is 0 Å². The Morgan fingerprint density at radius 2 is 2.00 bits per heavy atom. The zero-order valence-electron chi connectivity index (χ0n) is 15.4. The number of methoxy groups -OCH3 is 1. The van der Waals surface area contributed by atoms with Crippen molar-refractivity contribution in [1.82, 2.24) is 0 Å². The summed E-state index contributed by atoms with van der Waals surface area (Å²) in [7, 11) is 1.60. The van der Waals surface area contributed by atoms with E-state index in [4.69, 9.17) is 14.2 Å². The van der Waals surface area contributed by atoms with Crippen molar-refractivity contribution in [1.29, 1.82) is 0 Å². The van der Waals surface area contributed by atoms with Crippen molar-refractivity contribution >= 4 is 0 Å². The van der Waals surface area contributed by atoms with Gasteiger partial charge in [0.25, 0.3) is 0 Å². The fourth-order valence-electron chi connectivity index (χ4n) is 2.22. The molecule has 0 aromatic rings. The third-order valence-corrected chi connectivity index (χ3v) is 3.71. The van der Waals surface area contributed by atoms with Gasteiger partial charge in [-0.2, -0.15) is 0 Å². The van der Waals surface area contributed by atoms with Gasteiger partial charge in [-0.3, -0.25) is 0 Å². The molecule has 1 unspecified atom stereocenters. The third kappa shape index (κ3) is 10.3. The predicted molar refractivity (Wildman–Crippen MR) is 95.1 cm³/mol. The summed E-state index contributed by atoms with van der Waals surface area (Å²) < 4.78 is 15.6. The van der Waals surface area contributed by atoms with Crippen LogP contribution < -0.4 is 0 Å². The van der Waals surface area contributed by atoms with E-state index in [1.165, 1.54) is 0 Å². The molecule has 0 aromatic heterocycles. The first-order chi connectivity index (χ1) is 11.0. The van der Waals surface area contributed by atoms with Gasteiger partial charge in [0.1, 0.15) is 19.2 Å². The van der Waals surface area contributed by atoms with E-state index < -0.39 is 0 Å². The lowest BCUT2D eigenvalue weighted by Crippen LogP contribution is -2.08. The number of ether oxygens (including phenoxy) is 3. The van der Waals surface area contributed by atoms with E-state index in [9.17, 15) is 5.11 Å². The van der Waals surface area contributed by atoms with E-state index in [1.807, 2.05) is 19.9 Å². The first-order valence-corrected chi connectivity index (χ1v) is 8.31. The van der Waals surface area contributed by atoms with Gasteiger partial charge in [-0.15, -0.1) is 0 Å². The molecule has 0 amide bonds. The maximum atomic E-state index is 9.35. The molecule has 0 aliphatic heterocycles. The van der Waals surface area contributed by atoms with Crippen molar-refractivity contribution in [3.63, 3.8) is 0 Å². The van der Waals surface area contributed by atoms with Gasteiger partial charge in [-0.05, 0) is 49.7 Å². The van der Waals surface area contributed by atoms with Crippen molar-refractivity contribution in [3.8, 4) is 0 Å². The summed E-state index contributed by atoms with van der Waals surface area (Å²) in [6.45, 7) is 13.7. The molecule has 4 heteroatoms. The molecule has 0 rings (SSSR count). The Labute approximate surface area is 141 Å². The number of aliphatic hydroxyl groups excluding tert-OH is 1. The van der Waals surface area contributed by atoms with Gasteiger partial charge in [-0.1, -0.05) is 32.6 Å². The van der Waals surface area contributed by atoms with Crippen LogP contribution in [0.1, 0.15) is 40.5 Å². The lowest BCUT2D eigenvalue weighted by molar-refractivity contribution is -0.0203. The zero-order chi connectivity index (χ0) is 17.7. The Morgan fingerprint density at radius 1 is 1.30 bits per heavy atom. The number of hydrogen-bond acceptors (Lipinski definition) is 4. The molecular formula is C19H34O4. The van der Waals surface area contributed by atoms with Crippen molar-refractivity contribution in [2.75, 3.05) is 33.7 Å². The van der Waals surface area contributed by atoms with Crippen LogP contribution in [0.3, 0.4) is 0 Å². The van der Waals surface area contributed by atoms with Crippen LogP contribution in [0.4, 0.5) is 0 Å². The summed E-state index contributed by atoms with van der Waals surface area (Å²) in [6.07, 6.45) is 6.17. The second-order valence-corrected chi connectivity index (χ2v) is 6.01. The largest absolute Gasteiger partial charge is 0.496 e. The molecule has 0 saturated carbocycles. The Balaban J connectivity index is 4.55. The lowest BCUT2D eigenvalue weighted by atomic mass is 9.89.